The minimum absolute atomic E-state index is 0.279. The van der Waals surface area contributed by atoms with Crippen LogP contribution in [0.4, 0.5) is 0 Å². The summed E-state index contributed by atoms with van der Waals surface area (Å²) in [6.45, 7) is 6.03. The van der Waals surface area contributed by atoms with Crippen molar-refractivity contribution < 1.29 is 9.47 Å². The van der Waals surface area contributed by atoms with Crippen LogP contribution in [-0.4, -0.2) is 22.8 Å². The summed E-state index contributed by atoms with van der Waals surface area (Å²) in [5.74, 6) is 2.51. The van der Waals surface area contributed by atoms with Crippen molar-refractivity contribution in [3.63, 3.8) is 0 Å². The van der Waals surface area contributed by atoms with Crippen molar-refractivity contribution in [3.8, 4) is 22.9 Å². The number of hydrogen-bond acceptors (Lipinski definition) is 4. The predicted molar refractivity (Wildman–Crippen MR) is 94.4 cm³/mol. The highest BCUT2D eigenvalue weighted by Gasteiger charge is 2.20. The normalized spacial score (nSPS) is 13.7. The molecule has 2 heterocycles. The van der Waals surface area contributed by atoms with Gasteiger partial charge in [0.15, 0.2) is 11.5 Å². The molecule has 0 saturated carbocycles. The second-order valence-electron chi connectivity index (χ2n) is 6.28. The van der Waals surface area contributed by atoms with Crippen molar-refractivity contribution in [2.75, 3.05) is 13.2 Å². The van der Waals surface area contributed by atoms with Gasteiger partial charge >= 0.3 is 0 Å². The van der Waals surface area contributed by atoms with Crippen LogP contribution in [0.2, 0.25) is 0 Å². The molecule has 1 aliphatic heterocycles. The zero-order valence-corrected chi connectivity index (χ0v) is 14.0. The maximum absolute atomic E-state index is 5.73. The Labute approximate surface area is 141 Å². The molecule has 124 valence electrons. The lowest BCUT2D eigenvalue weighted by Crippen LogP contribution is -2.15. The van der Waals surface area contributed by atoms with E-state index in [0.717, 1.165) is 39.5 Å². The molecule has 2 aromatic carbocycles. The molecular weight excluding hydrogens is 302 g/mol. The zero-order valence-electron chi connectivity index (χ0n) is 14.0. The van der Waals surface area contributed by atoms with Crippen molar-refractivity contribution in [2.45, 2.75) is 26.4 Å². The van der Waals surface area contributed by atoms with E-state index in [9.17, 15) is 0 Å². The fraction of sp³-hybridized carbons (Fsp3) is 0.316. The Morgan fingerprint density at radius 1 is 1.08 bits per heavy atom. The summed E-state index contributed by atoms with van der Waals surface area (Å²) in [6.07, 6.45) is 0. The quantitative estimate of drug-likeness (QED) is 0.801. The maximum Gasteiger partial charge on any atom is 0.163 e. The molecular formula is C19H21N3O2. The first-order valence-corrected chi connectivity index (χ1v) is 8.28. The standard InChI is InChI=1S/C19H21N3O2/c1-12(2)22-16-10-18-17(23-7-8-24-18)9-15(16)21-19(22)14-5-3-13(11-20)4-6-14/h3-6,9-10,12H,7-8,11,20H2,1-2H3. The number of ether oxygens (including phenoxy) is 2. The Morgan fingerprint density at radius 3 is 2.38 bits per heavy atom. The van der Waals surface area contributed by atoms with Gasteiger partial charge in [-0.05, 0) is 19.4 Å². The molecule has 0 fully saturated rings. The molecule has 0 aliphatic carbocycles. The third kappa shape index (κ3) is 2.41. The van der Waals surface area contributed by atoms with Crippen LogP contribution in [0, 0.1) is 0 Å². The van der Waals surface area contributed by atoms with Crippen LogP contribution in [0.5, 0.6) is 11.5 Å². The van der Waals surface area contributed by atoms with E-state index in [-0.39, 0.29) is 6.04 Å². The van der Waals surface area contributed by atoms with Gasteiger partial charge in [0.1, 0.15) is 19.0 Å². The summed E-state index contributed by atoms with van der Waals surface area (Å²) in [5, 5.41) is 0. The monoisotopic (exact) mass is 323 g/mol. The molecule has 5 nitrogen and oxygen atoms in total. The summed E-state index contributed by atoms with van der Waals surface area (Å²) in [7, 11) is 0. The topological polar surface area (TPSA) is 62.3 Å². The summed E-state index contributed by atoms with van der Waals surface area (Å²) in [4.78, 5) is 4.86. The number of nitrogens with two attached hydrogens (primary N) is 1. The molecule has 3 aromatic rings. The molecule has 0 spiro atoms. The van der Waals surface area contributed by atoms with E-state index >= 15 is 0 Å². The van der Waals surface area contributed by atoms with Crippen LogP contribution in [0.1, 0.15) is 25.5 Å². The van der Waals surface area contributed by atoms with Gasteiger partial charge in [-0.25, -0.2) is 4.98 Å². The van der Waals surface area contributed by atoms with Gasteiger partial charge in [-0.2, -0.15) is 0 Å². The Bertz CT molecular complexity index is 882. The number of aromatic nitrogens is 2. The first kappa shape index (κ1) is 15.0. The molecule has 0 bridgehead atoms. The maximum atomic E-state index is 5.73. The largest absolute Gasteiger partial charge is 0.486 e. The number of benzene rings is 2. The third-order valence-electron chi connectivity index (χ3n) is 4.32. The van der Waals surface area contributed by atoms with E-state index in [1.165, 1.54) is 0 Å². The van der Waals surface area contributed by atoms with Gasteiger partial charge in [0.25, 0.3) is 0 Å². The number of nitrogens with zero attached hydrogens (tertiary/aromatic N) is 2. The summed E-state index contributed by atoms with van der Waals surface area (Å²) >= 11 is 0. The Hall–Kier alpha value is -2.53. The van der Waals surface area contributed by atoms with E-state index in [1.54, 1.807) is 0 Å². The summed E-state index contributed by atoms with van der Waals surface area (Å²) < 4.78 is 13.7. The van der Waals surface area contributed by atoms with E-state index in [0.29, 0.717) is 19.8 Å². The highest BCUT2D eigenvalue weighted by molar-refractivity contribution is 5.84. The average molecular weight is 323 g/mol. The highest BCUT2D eigenvalue weighted by Crippen LogP contribution is 2.37. The molecule has 0 atom stereocenters. The minimum Gasteiger partial charge on any atom is -0.486 e. The molecule has 0 unspecified atom stereocenters. The number of imidazole rings is 1. The number of hydrogen-bond donors (Lipinski definition) is 1. The van der Waals surface area contributed by atoms with Crippen LogP contribution in [-0.2, 0) is 6.54 Å². The molecule has 2 N–H and O–H groups in total. The highest BCUT2D eigenvalue weighted by atomic mass is 16.6. The van der Waals surface area contributed by atoms with E-state index in [2.05, 4.69) is 42.7 Å². The smallest absolute Gasteiger partial charge is 0.163 e. The Balaban J connectivity index is 1.92. The summed E-state index contributed by atoms with van der Waals surface area (Å²) in [5.41, 5.74) is 9.88. The Kier molecular flexibility index (Phi) is 3.65. The van der Waals surface area contributed by atoms with Crippen molar-refractivity contribution in [1.29, 1.82) is 0 Å². The van der Waals surface area contributed by atoms with Crippen LogP contribution >= 0.6 is 0 Å². The SMILES string of the molecule is CC(C)n1c(-c2ccc(CN)cc2)nc2cc3c(cc21)OCCO3. The van der Waals surface area contributed by atoms with Crippen molar-refractivity contribution >= 4 is 11.0 Å². The molecule has 1 aromatic heterocycles. The van der Waals surface area contributed by atoms with E-state index in [4.69, 9.17) is 20.2 Å². The van der Waals surface area contributed by atoms with Gasteiger partial charge in [0, 0.05) is 30.3 Å². The van der Waals surface area contributed by atoms with Gasteiger partial charge in [0.05, 0.1) is 11.0 Å². The van der Waals surface area contributed by atoms with Gasteiger partial charge in [-0.1, -0.05) is 24.3 Å². The molecule has 5 heteroatoms. The van der Waals surface area contributed by atoms with Crippen LogP contribution in [0.15, 0.2) is 36.4 Å². The molecule has 4 rings (SSSR count). The first-order valence-electron chi connectivity index (χ1n) is 8.28. The molecule has 0 amide bonds. The molecule has 0 saturated heterocycles. The average Bonchev–Trinajstić information content (AvgIpc) is 2.98. The second-order valence-corrected chi connectivity index (χ2v) is 6.28. The number of fused-ring (bicyclic) bond motifs is 2. The molecule has 24 heavy (non-hydrogen) atoms. The zero-order chi connectivity index (χ0) is 16.7. The van der Waals surface area contributed by atoms with Crippen LogP contribution in [0.3, 0.4) is 0 Å². The van der Waals surface area contributed by atoms with E-state index < -0.39 is 0 Å². The van der Waals surface area contributed by atoms with Crippen molar-refractivity contribution in [3.05, 3.63) is 42.0 Å². The van der Waals surface area contributed by atoms with Crippen LogP contribution in [0.25, 0.3) is 22.4 Å². The molecule has 1 aliphatic rings. The van der Waals surface area contributed by atoms with Crippen molar-refractivity contribution in [1.82, 2.24) is 9.55 Å². The Morgan fingerprint density at radius 2 is 1.75 bits per heavy atom. The lowest BCUT2D eigenvalue weighted by Gasteiger charge is -2.19. The fourth-order valence-electron chi connectivity index (χ4n) is 3.15. The van der Waals surface area contributed by atoms with Gasteiger partial charge in [-0.15, -0.1) is 0 Å². The number of rotatable bonds is 3. The van der Waals surface area contributed by atoms with Gasteiger partial charge in [-0.3, -0.25) is 0 Å². The van der Waals surface area contributed by atoms with Gasteiger partial charge < -0.3 is 19.8 Å². The van der Waals surface area contributed by atoms with Gasteiger partial charge in [0.2, 0.25) is 0 Å². The first-order chi connectivity index (χ1) is 11.7. The van der Waals surface area contributed by atoms with E-state index in [1.807, 2.05) is 12.1 Å². The summed E-state index contributed by atoms with van der Waals surface area (Å²) in [6, 6.07) is 12.5. The third-order valence-corrected chi connectivity index (χ3v) is 4.32. The second kappa shape index (κ2) is 5.83. The lowest BCUT2D eigenvalue weighted by molar-refractivity contribution is 0.172. The lowest BCUT2D eigenvalue weighted by atomic mass is 10.1. The minimum atomic E-state index is 0.279. The predicted octanol–water partition coefficient (Wildman–Crippen LogP) is 3.51. The fourth-order valence-corrected chi connectivity index (χ4v) is 3.15. The van der Waals surface area contributed by atoms with Crippen LogP contribution < -0.4 is 15.2 Å². The molecule has 0 radical (unpaired) electrons. The van der Waals surface area contributed by atoms with Crippen molar-refractivity contribution in [2.24, 2.45) is 5.73 Å².